The van der Waals surface area contributed by atoms with Gasteiger partial charge in [-0.2, -0.15) is 0 Å². The van der Waals surface area contributed by atoms with Gasteiger partial charge < -0.3 is 4.74 Å². The number of rotatable bonds is 0. The lowest BCUT2D eigenvalue weighted by atomic mass is 9.93. The fraction of sp³-hybridized carbons (Fsp3) is 0.625. The molecular formula is C8H11NO. The van der Waals surface area contributed by atoms with Gasteiger partial charge in [-0.15, -0.1) is 0 Å². The third-order valence-corrected chi connectivity index (χ3v) is 2.05. The van der Waals surface area contributed by atoms with Crippen molar-refractivity contribution >= 4 is 6.21 Å². The largest absolute Gasteiger partial charge is 0.355 e. The fourth-order valence-electron chi connectivity index (χ4n) is 1.47. The first-order valence-corrected chi connectivity index (χ1v) is 3.75. The highest BCUT2D eigenvalue weighted by molar-refractivity contribution is 5.65. The Hall–Kier alpha value is -0.630. The van der Waals surface area contributed by atoms with Crippen LogP contribution in [-0.4, -0.2) is 19.0 Å². The third kappa shape index (κ3) is 0.991. The van der Waals surface area contributed by atoms with Gasteiger partial charge in [0.25, 0.3) is 0 Å². The molecule has 2 atom stereocenters. The van der Waals surface area contributed by atoms with Crippen LogP contribution in [0.5, 0.6) is 0 Å². The first-order chi connectivity index (χ1) is 4.97. The van der Waals surface area contributed by atoms with Crippen molar-refractivity contribution in [2.24, 2.45) is 10.9 Å². The first kappa shape index (κ1) is 6.10. The standard InChI is InChI=1S/C8H11NO/c1-2-4-8-7(3-1)5-9-6-10-8/h1,3,5,7-8H,2,4,6H2. The highest BCUT2D eigenvalue weighted by Crippen LogP contribution is 2.21. The summed E-state index contributed by atoms with van der Waals surface area (Å²) in [6, 6.07) is 0. The average Bonchev–Trinajstić information content (AvgIpc) is 2.05. The Morgan fingerprint density at radius 3 is 3.40 bits per heavy atom. The van der Waals surface area contributed by atoms with Crippen LogP contribution in [-0.2, 0) is 4.74 Å². The van der Waals surface area contributed by atoms with E-state index in [1.54, 1.807) is 0 Å². The zero-order valence-electron chi connectivity index (χ0n) is 5.86. The normalized spacial score (nSPS) is 37.6. The van der Waals surface area contributed by atoms with Gasteiger partial charge in [0.1, 0.15) is 6.73 Å². The summed E-state index contributed by atoms with van der Waals surface area (Å²) in [5.74, 6) is 0.461. The first-order valence-electron chi connectivity index (χ1n) is 3.75. The van der Waals surface area contributed by atoms with E-state index in [9.17, 15) is 0 Å². The van der Waals surface area contributed by atoms with Gasteiger partial charge in [-0.05, 0) is 12.8 Å². The monoisotopic (exact) mass is 137 g/mol. The van der Waals surface area contributed by atoms with E-state index in [0.717, 1.165) is 12.8 Å². The Labute approximate surface area is 60.6 Å². The second-order valence-corrected chi connectivity index (χ2v) is 2.75. The van der Waals surface area contributed by atoms with E-state index in [-0.39, 0.29) is 0 Å². The molecule has 10 heavy (non-hydrogen) atoms. The van der Waals surface area contributed by atoms with Gasteiger partial charge in [0.2, 0.25) is 0 Å². The molecule has 0 bridgehead atoms. The summed E-state index contributed by atoms with van der Waals surface area (Å²) in [4.78, 5) is 4.06. The molecule has 2 nitrogen and oxygen atoms in total. The van der Waals surface area contributed by atoms with Crippen molar-refractivity contribution in [2.75, 3.05) is 6.73 Å². The molecule has 0 saturated carbocycles. The number of hydrogen-bond donors (Lipinski definition) is 0. The maximum absolute atomic E-state index is 5.43. The van der Waals surface area contributed by atoms with Gasteiger partial charge in [-0.1, -0.05) is 12.2 Å². The lowest BCUT2D eigenvalue weighted by molar-refractivity contribution is 0.0297. The average molecular weight is 137 g/mol. The van der Waals surface area contributed by atoms with E-state index in [2.05, 4.69) is 17.1 Å². The van der Waals surface area contributed by atoms with Crippen LogP contribution < -0.4 is 0 Å². The van der Waals surface area contributed by atoms with E-state index in [1.807, 2.05) is 6.21 Å². The molecule has 0 N–H and O–H groups in total. The quantitative estimate of drug-likeness (QED) is 0.462. The van der Waals surface area contributed by atoms with Gasteiger partial charge in [0.05, 0.1) is 6.10 Å². The van der Waals surface area contributed by atoms with Crippen LogP contribution in [0.15, 0.2) is 17.1 Å². The maximum Gasteiger partial charge on any atom is 0.137 e. The number of fused-ring (bicyclic) bond motifs is 1. The molecule has 2 aliphatic rings. The van der Waals surface area contributed by atoms with Gasteiger partial charge in [-0.3, -0.25) is 4.99 Å². The molecule has 0 fully saturated rings. The molecule has 0 amide bonds. The number of aliphatic imine (C=N–C) groups is 1. The summed E-state index contributed by atoms with van der Waals surface area (Å²) in [5.41, 5.74) is 0. The Kier molecular flexibility index (Phi) is 1.55. The Balaban J connectivity index is 2.15. The molecule has 0 radical (unpaired) electrons. The minimum Gasteiger partial charge on any atom is -0.355 e. The highest BCUT2D eigenvalue weighted by Gasteiger charge is 2.22. The molecule has 1 aliphatic heterocycles. The van der Waals surface area contributed by atoms with Crippen LogP contribution in [0, 0.1) is 5.92 Å². The van der Waals surface area contributed by atoms with Gasteiger partial charge >= 0.3 is 0 Å². The summed E-state index contributed by atoms with van der Waals surface area (Å²) in [5, 5.41) is 0. The predicted octanol–water partition coefficient (Wildman–Crippen LogP) is 1.38. The predicted molar refractivity (Wildman–Crippen MR) is 40.1 cm³/mol. The molecular weight excluding hydrogens is 126 g/mol. The smallest absolute Gasteiger partial charge is 0.137 e. The van der Waals surface area contributed by atoms with Crippen molar-refractivity contribution < 1.29 is 4.74 Å². The van der Waals surface area contributed by atoms with Crippen LogP contribution in [0.4, 0.5) is 0 Å². The Morgan fingerprint density at radius 2 is 2.50 bits per heavy atom. The van der Waals surface area contributed by atoms with Crippen LogP contribution >= 0.6 is 0 Å². The van der Waals surface area contributed by atoms with Crippen LogP contribution in [0.3, 0.4) is 0 Å². The van der Waals surface area contributed by atoms with E-state index < -0.39 is 0 Å². The Morgan fingerprint density at radius 1 is 1.50 bits per heavy atom. The molecule has 54 valence electrons. The third-order valence-electron chi connectivity index (χ3n) is 2.05. The molecule has 2 unspecified atom stereocenters. The van der Waals surface area contributed by atoms with Crippen molar-refractivity contribution in [1.29, 1.82) is 0 Å². The summed E-state index contributed by atoms with van der Waals surface area (Å²) in [6.45, 7) is 0.564. The van der Waals surface area contributed by atoms with E-state index in [4.69, 9.17) is 4.74 Å². The number of hydrogen-bond acceptors (Lipinski definition) is 2. The number of ether oxygens (including phenoxy) is 1. The summed E-state index contributed by atoms with van der Waals surface area (Å²) in [6.07, 6.45) is 9.15. The second kappa shape index (κ2) is 2.54. The zero-order valence-corrected chi connectivity index (χ0v) is 5.86. The maximum atomic E-state index is 5.43. The lowest BCUT2D eigenvalue weighted by Gasteiger charge is -2.27. The number of allylic oxidation sites excluding steroid dienone is 1. The topological polar surface area (TPSA) is 21.6 Å². The summed E-state index contributed by atoms with van der Waals surface area (Å²) >= 11 is 0. The Bertz CT molecular complexity index is 156. The van der Waals surface area contributed by atoms with Crippen LogP contribution in [0.1, 0.15) is 12.8 Å². The summed E-state index contributed by atoms with van der Waals surface area (Å²) in [7, 11) is 0. The van der Waals surface area contributed by atoms with E-state index in [1.165, 1.54) is 0 Å². The zero-order chi connectivity index (χ0) is 6.81. The molecule has 0 aromatic heterocycles. The van der Waals surface area contributed by atoms with Crippen molar-refractivity contribution in [3.8, 4) is 0 Å². The van der Waals surface area contributed by atoms with Crippen molar-refractivity contribution in [3.05, 3.63) is 12.2 Å². The lowest BCUT2D eigenvalue weighted by Crippen LogP contribution is -2.29. The SMILES string of the molecule is C1=CC2C=NCOC2CC1. The fourth-order valence-corrected chi connectivity index (χ4v) is 1.47. The molecule has 0 aromatic rings. The highest BCUT2D eigenvalue weighted by atomic mass is 16.5. The van der Waals surface area contributed by atoms with Crippen LogP contribution in [0.2, 0.25) is 0 Å². The van der Waals surface area contributed by atoms with Gasteiger partial charge in [0, 0.05) is 12.1 Å². The van der Waals surface area contributed by atoms with E-state index in [0.29, 0.717) is 18.8 Å². The molecule has 1 aliphatic carbocycles. The number of nitrogens with zero attached hydrogens (tertiary/aromatic N) is 1. The minimum absolute atomic E-state index is 0.419. The molecule has 1 heterocycles. The van der Waals surface area contributed by atoms with Crippen molar-refractivity contribution in [3.63, 3.8) is 0 Å². The van der Waals surface area contributed by atoms with Gasteiger partial charge in [-0.25, -0.2) is 0 Å². The second-order valence-electron chi connectivity index (χ2n) is 2.75. The molecule has 0 aromatic carbocycles. The molecule has 2 heteroatoms. The van der Waals surface area contributed by atoms with Crippen LogP contribution in [0.25, 0.3) is 0 Å². The minimum atomic E-state index is 0.419. The van der Waals surface area contributed by atoms with E-state index >= 15 is 0 Å². The van der Waals surface area contributed by atoms with Gasteiger partial charge in [0.15, 0.2) is 0 Å². The summed E-state index contributed by atoms with van der Waals surface area (Å²) < 4.78 is 5.43. The molecule has 2 rings (SSSR count). The molecule has 0 saturated heterocycles. The molecule has 0 spiro atoms. The van der Waals surface area contributed by atoms with Crippen molar-refractivity contribution in [1.82, 2.24) is 0 Å². The van der Waals surface area contributed by atoms with Crippen molar-refractivity contribution in [2.45, 2.75) is 18.9 Å².